The summed E-state index contributed by atoms with van der Waals surface area (Å²) in [5.41, 5.74) is 6.34. The highest BCUT2D eigenvalue weighted by atomic mass is 16.5. The third-order valence-electron chi connectivity index (χ3n) is 1.32. The standard InChI is InChI=1S/C8H10NO/c1-10-8-5-3-2-4-7(8)6-9/h2-3,5H,6,9H2,1H3. The van der Waals surface area contributed by atoms with Crippen molar-refractivity contribution in [3.05, 3.63) is 29.8 Å². The van der Waals surface area contributed by atoms with E-state index in [-0.39, 0.29) is 0 Å². The highest BCUT2D eigenvalue weighted by Crippen LogP contribution is 2.14. The molecule has 2 N–H and O–H groups in total. The lowest BCUT2D eigenvalue weighted by atomic mass is 10.2. The molecule has 0 aliphatic carbocycles. The lowest BCUT2D eigenvalue weighted by molar-refractivity contribution is 0.409. The Labute approximate surface area is 60.6 Å². The Kier molecular flexibility index (Phi) is 2.29. The number of benzene rings is 1. The van der Waals surface area contributed by atoms with Crippen LogP contribution in [0.2, 0.25) is 0 Å². The second-order valence-corrected chi connectivity index (χ2v) is 1.92. The first kappa shape index (κ1) is 7.09. The van der Waals surface area contributed by atoms with Gasteiger partial charge in [-0.3, -0.25) is 0 Å². The van der Waals surface area contributed by atoms with Crippen LogP contribution in [0.1, 0.15) is 5.56 Å². The molecule has 1 rings (SSSR count). The molecule has 0 atom stereocenters. The van der Waals surface area contributed by atoms with Gasteiger partial charge >= 0.3 is 0 Å². The van der Waals surface area contributed by atoms with Gasteiger partial charge in [0.05, 0.1) is 7.11 Å². The molecule has 0 saturated carbocycles. The summed E-state index contributed by atoms with van der Waals surface area (Å²) in [5, 5.41) is 0. The van der Waals surface area contributed by atoms with Gasteiger partial charge in [0.1, 0.15) is 5.75 Å². The molecule has 0 amide bonds. The van der Waals surface area contributed by atoms with E-state index in [1.165, 1.54) is 0 Å². The normalized spacial score (nSPS) is 9.40. The van der Waals surface area contributed by atoms with Crippen molar-refractivity contribution in [2.24, 2.45) is 5.73 Å². The fraction of sp³-hybridized carbons (Fsp3) is 0.250. The first-order chi connectivity index (χ1) is 4.88. The van der Waals surface area contributed by atoms with Gasteiger partial charge in [-0.1, -0.05) is 12.1 Å². The molecule has 0 aliphatic heterocycles. The van der Waals surface area contributed by atoms with Gasteiger partial charge in [0.2, 0.25) is 0 Å². The van der Waals surface area contributed by atoms with Crippen LogP contribution in [0.5, 0.6) is 5.75 Å². The summed E-state index contributed by atoms with van der Waals surface area (Å²) in [4.78, 5) is 0. The summed E-state index contributed by atoms with van der Waals surface area (Å²) < 4.78 is 5.02. The molecule has 53 valence electrons. The molecule has 1 aromatic carbocycles. The summed E-state index contributed by atoms with van der Waals surface area (Å²) in [6, 6.07) is 8.56. The molecular weight excluding hydrogens is 126 g/mol. The van der Waals surface area contributed by atoms with E-state index in [1.807, 2.05) is 18.2 Å². The van der Waals surface area contributed by atoms with Crippen LogP contribution in [0.15, 0.2) is 18.2 Å². The first-order valence-corrected chi connectivity index (χ1v) is 3.12. The van der Waals surface area contributed by atoms with Crippen molar-refractivity contribution in [2.45, 2.75) is 6.54 Å². The van der Waals surface area contributed by atoms with E-state index in [1.54, 1.807) is 7.11 Å². The zero-order chi connectivity index (χ0) is 7.40. The molecule has 1 radical (unpaired) electrons. The number of ether oxygens (including phenoxy) is 1. The summed E-state index contributed by atoms with van der Waals surface area (Å²) in [6.07, 6.45) is 0. The molecule has 0 bridgehead atoms. The minimum Gasteiger partial charge on any atom is -0.496 e. The zero-order valence-corrected chi connectivity index (χ0v) is 5.92. The topological polar surface area (TPSA) is 35.2 Å². The van der Waals surface area contributed by atoms with Crippen molar-refractivity contribution in [1.82, 2.24) is 0 Å². The number of hydrogen-bond donors (Lipinski definition) is 1. The Morgan fingerprint density at radius 2 is 2.50 bits per heavy atom. The maximum absolute atomic E-state index is 5.41. The average Bonchev–Trinajstić information content (AvgIpc) is 2.04. The number of hydrogen-bond acceptors (Lipinski definition) is 2. The summed E-state index contributed by atoms with van der Waals surface area (Å²) in [5.74, 6) is 0.810. The maximum Gasteiger partial charge on any atom is 0.123 e. The Bertz CT molecular complexity index is 187. The Balaban J connectivity index is 2.96. The van der Waals surface area contributed by atoms with Crippen LogP contribution in [-0.4, -0.2) is 7.11 Å². The third-order valence-corrected chi connectivity index (χ3v) is 1.32. The molecule has 2 nitrogen and oxygen atoms in total. The molecule has 0 heterocycles. The number of nitrogens with two attached hydrogens (primary N) is 1. The number of rotatable bonds is 2. The smallest absolute Gasteiger partial charge is 0.123 e. The Morgan fingerprint density at radius 1 is 1.70 bits per heavy atom. The zero-order valence-electron chi connectivity index (χ0n) is 5.92. The van der Waals surface area contributed by atoms with E-state index in [4.69, 9.17) is 10.5 Å². The second kappa shape index (κ2) is 3.22. The molecule has 0 aliphatic rings. The van der Waals surface area contributed by atoms with Gasteiger partial charge in [0, 0.05) is 12.1 Å². The maximum atomic E-state index is 5.41. The first-order valence-electron chi connectivity index (χ1n) is 3.12. The van der Waals surface area contributed by atoms with Crippen molar-refractivity contribution in [3.63, 3.8) is 0 Å². The van der Waals surface area contributed by atoms with Crippen molar-refractivity contribution in [3.8, 4) is 5.75 Å². The van der Waals surface area contributed by atoms with Crippen LogP contribution >= 0.6 is 0 Å². The predicted octanol–water partition coefficient (Wildman–Crippen LogP) is 0.954. The van der Waals surface area contributed by atoms with Gasteiger partial charge < -0.3 is 10.5 Å². The summed E-state index contributed by atoms with van der Waals surface area (Å²) in [6.45, 7) is 0.476. The van der Waals surface area contributed by atoms with Gasteiger partial charge in [-0.15, -0.1) is 0 Å². The molecule has 10 heavy (non-hydrogen) atoms. The van der Waals surface area contributed by atoms with Gasteiger partial charge in [-0.25, -0.2) is 0 Å². The van der Waals surface area contributed by atoms with E-state index in [0.29, 0.717) is 6.54 Å². The Morgan fingerprint density at radius 3 is 3.00 bits per heavy atom. The molecule has 2 heteroatoms. The van der Waals surface area contributed by atoms with E-state index in [2.05, 4.69) is 6.07 Å². The van der Waals surface area contributed by atoms with Crippen molar-refractivity contribution < 1.29 is 4.74 Å². The van der Waals surface area contributed by atoms with Gasteiger partial charge in [-0.05, 0) is 12.1 Å². The quantitative estimate of drug-likeness (QED) is 0.657. The fourth-order valence-electron chi connectivity index (χ4n) is 0.807. The van der Waals surface area contributed by atoms with Crippen molar-refractivity contribution >= 4 is 0 Å². The van der Waals surface area contributed by atoms with Gasteiger partial charge in [0.15, 0.2) is 0 Å². The fourth-order valence-corrected chi connectivity index (χ4v) is 0.807. The summed E-state index contributed by atoms with van der Waals surface area (Å²) >= 11 is 0. The largest absolute Gasteiger partial charge is 0.496 e. The lowest BCUT2D eigenvalue weighted by Gasteiger charge is -2.03. The van der Waals surface area contributed by atoms with E-state index in [0.717, 1.165) is 11.3 Å². The minimum atomic E-state index is 0.476. The predicted molar refractivity (Wildman–Crippen MR) is 39.7 cm³/mol. The minimum absolute atomic E-state index is 0.476. The van der Waals surface area contributed by atoms with Gasteiger partial charge in [-0.2, -0.15) is 0 Å². The van der Waals surface area contributed by atoms with Crippen LogP contribution in [0, 0.1) is 6.07 Å². The van der Waals surface area contributed by atoms with E-state index >= 15 is 0 Å². The molecule has 0 spiro atoms. The van der Waals surface area contributed by atoms with Crippen molar-refractivity contribution in [2.75, 3.05) is 7.11 Å². The molecule has 0 unspecified atom stereocenters. The third kappa shape index (κ3) is 1.28. The summed E-state index contributed by atoms with van der Waals surface area (Å²) in [7, 11) is 1.63. The van der Waals surface area contributed by atoms with Crippen LogP contribution in [0.4, 0.5) is 0 Å². The molecule has 0 aromatic heterocycles. The van der Waals surface area contributed by atoms with Crippen LogP contribution in [0.3, 0.4) is 0 Å². The average molecular weight is 136 g/mol. The molecular formula is C8H10NO. The lowest BCUT2D eigenvalue weighted by Crippen LogP contribution is -1.99. The monoisotopic (exact) mass is 136 g/mol. The van der Waals surface area contributed by atoms with E-state index in [9.17, 15) is 0 Å². The van der Waals surface area contributed by atoms with Crippen LogP contribution in [-0.2, 0) is 6.54 Å². The second-order valence-electron chi connectivity index (χ2n) is 1.92. The highest BCUT2D eigenvalue weighted by molar-refractivity contribution is 5.31. The highest BCUT2D eigenvalue weighted by Gasteiger charge is 1.96. The van der Waals surface area contributed by atoms with Crippen LogP contribution in [0.25, 0.3) is 0 Å². The van der Waals surface area contributed by atoms with Gasteiger partial charge in [0.25, 0.3) is 0 Å². The molecule has 0 fully saturated rings. The SMILES string of the molecule is COc1ccc[c]c1CN. The molecule has 0 saturated heterocycles. The number of methoxy groups -OCH3 is 1. The Hall–Kier alpha value is -1.02. The van der Waals surface area contributed by atoms with Crippen molar-refractivity contribution in [1.29, 1.82) is 0 Å². The van der Waals surface area contributed by atoms with Crippen LogP contribution < -0.4 is 10.5 Å². The van der Waals surface area contributed by atoms with E-state index < -0.39 is 0 Å². The molecule has 1 aromatic rings.